The van der Waals surface area contributed by atoms with E-state index >= 15 is 0 Å². The Balaban J connectivity index is 1.99. The fourth-order valence-electron chi connectivity index (χ4n) is 4.12. The summed E-state index contributed by atoms with van der Waals surface area (Å²) in [7, 11) is -1.86. The van der Waals surface area contributed by atoms with Crippen molar-refractivity contribution in [2.45, 2.75) is 6.10 Å². The third kappa shape index (κ3) is 4.62. The van der Waals surface area contributed by atoms with Crippen LogP contribution in [0, 0.1) is 5.82 Å². The molecule has 0 bridgehead atoms. The molecule has 0 amide bonds. The average Bonchev–Trinajstić information content (AvgIpc) is 2.91. The quantitative estimate of drug-likeness (QED) is 0.168. The van der Waals surface area contributed by atoms with Gasteiger partial charge in [0.1, 0.15) is 11.9 Å². The second kappa shape index (κ2) is 10.4. The SMILES string of the molecule is C=C(C(=O)OC)[C@@H](O[Si](c1ccccc1)(c1ccccc1)c1ccccc1)c1ccc(F)cc1. The molecular formula is C29H25FO3Si. The lowest BCUT2D eigenvalue weighted by Crippen LogP contribution is -2.69. The summed E-state index contributed by atoms with van der Waals surface area (Å²) in [5, 5.41) is 3.03. The molecule has 1 atom stereocenters. The lowest BCUT2D eigenvalue weighted by molar-refractivity contribution is -0.137. The van der Waals surface area contributed by atoms with Crippen molar-refractivity contribution in [3.8, 4) is 0 Å². The van der Waals surface area contributed by atoms with E-state index < -0.39 is 20.4 Å². The van der Waals surface area contributed by atoms with E-state index in [4.69, 9.17) is 9.16 Å². The predicted molar refractivity (Wildman–Crippen MR) is 135 cm³/mol. The highest BCUT2D eigenvalue weighted by molar-refractivity contribution is 7.07. The maximum absolute atomic E-state index is 13.8. The first kappa shape index (κ1) is 23.4. The van der Waals surface area contributed by atoms with Crippen LogP contribution in [0.15, 0.2) is 127 Å². The Bertz CT molecular complexity index is 1150. The maximum Gasteiger partial charge on any atom is 0.336 e. The van der Waals surface area contributed by atoms with Crippen LogP contribution in [-0.2, 0) is 14.0 Å². The molecule has 0 spiro atoms. The molecule has 0 aliphatic rings. The largest absolute Gasteiger partial charge is 0.466 e. The van der Waals surface area contributed by atoms with Crippen molar-refractivity contribution in [2.24, 2.45) is 0 Å². The van der Waals surface area contributed by atoms with Gasteiger partial charge >= 0.3 is 5.97 Å². The van der Waals surface area contributed by atoms with Gasteiger partial charge in [-0.15, -0.1) is 0 Å². The van der Waals surface area contributed by atoms with Gasteiger partial charge < -0.3 is 9.16 Å². The third-order valence-electron chi connectivity index (χ3n) is 5.77. The van der Waals surface area contributed by atoms with Crippen molar-refractivity contribution in [1.82, 2.24) is 0 Å². The van der Waals surface area contributed by atoms with Crippen molar-refractivity contribution in [3.63, 3.8) is 0 Å². The molecule has 0 saturated carbocycles. The van der Waals surface area contributed by atoms with Crippen LogP contribution in [0.1, 0.15) is 11.7 Å². The van der Waals surface area contributed by atoms with Crippen LogP contribution < -0.4 is 15.6 Å². The number of halogens is 1. The van der Waals surface area contributed by atoms with E-state index in [-0.39, 0.29) is 11.4 Å². The highest BCUT2D eigenvalue weighted by Crippen LogP contribution is 2.30. The number of esters is 1. The first-order valence-corrected chi connectivity index (χ1v) is 12.8. The zero-order valence-electron chi connectivity index (χ0n) is 18.9. The first-order chi connectivity index (χ1) is 16.6. The molecule has 0 aliphatic carbocycles. The van der Waals surface area contributed by atoms with Gasteiger partial charge in [-0.1, -0.05) is 110 Å². The molecule has 0 unspecified atom stereocenters. The Labute approximate surface area is 200 Å². The normalized spacial score (nSPS) is 12.1. The number of hydrogen-bond donors (Lipinski definition) is 0. The Morgan fingerprint density at radius 1 is 0.735 bits per heavy atom. The minimum Gasteiger partial charge on any atom is -0.466 e. The molecule has 0 aliphatic heterocycles. The van der Waals surface area contributed by atoms with Crippen molar-refractivity contribution in [1.29, 1.82) is 0 Å². The van der Waals surface area contributed by atoms with Gasteiger partial charge in [-0.05, 0) is 33.3 Å². The smallest absolute Gasteiger partial charge is 0.336 e. The fraction of sp³-hybridized carbons (Fsp3) is 0.0690. The van der Waals surface area contributed by atoms with Crippen molar-refractivity contribution < 1.29 is 18.3 Å². The van der Waals surface area contributed by atoms with E-state index in [0.717, 1.165) is 15.6 Å². The summed E-state index contributed by atoms with van der Waals surface area (Å²) >= 11 is 0. The van der Waals surface area contributed by atoms with Gasteiger partial charge in [-0.25, -0.2) is 9.18 Å². The van der Waals surface area contributed by atoms with Crippen LogP contribution in [0.5, 0.6) is 0 Å². The van der Waals surface area contributed by atoms with Gasteiger partial charge in [0.2, 0.25) is 0 Å². The van der Waals surface area contributed by atoms with Crippen molar-refractivity contribution in [3.05, 3.63) is 139 Å². The molecule has 3 nitrogen and oxygen atoms in total. The molecule has 4 rings (SSSR count). The highest BCUT2D eigenvalue weighted by atomic mass is 28.4. The predicted octanol–water partition coefficient (Wildman–Crippen LogP) is 4.28. The summed E-state index contributed by atoms with van der Waals surface area (Å²) in [6, 6.07) is 36.0. The van der Waals surface area contributed by atoms with Crippen molar-refractivity contribution >= 4 is 29.8 Å². The molecule has 0 N–H and O–H groups in total. The zero-order chi connectivity index (χ0) is 24.0. The Kier molecular flexibility index (Phi) is 7.16. The zero-order valence-corrected chi connectivity index (χ0v) is 19.9. The minimum absolute atomic E-state index is 0.147. The molecule has 5 heteroatoms. The third-order valence-corrected chi connectivity index (χ3v) is 9.80. The van der Waals surface area contributed by atoms with Gasteiger partial charge in [0.05, 0.1) is 12.7 Å². The number of carbonyl (C=O) groups is 1. The first-order valence-electron chi connectivity index (χ1n) is 10.9. The topological polar surface area (TPSA) is 35.5 Å². The summed E-state index contributed by atoms with van der Waals surface area (Å²) in [6.07, 6.45) is -0.847. The van der Waals surface area contributed by atoms with E-state index in [1.54, 1.807) is 12.1 Å². The van der Waals surface area contributed by atoms with Crippen LogP contribution in [-0.4, -0.2) is 21.4 Å². The Morgan fingerprint density at radius 2 is 1.15 bits per heavy atom. The molecule has 4 aromatic carbocycles. The van der Waals surface area contributed by atoms with Crippen LogP contribution in [0.4, 0.5) is 4.39 Å². The Hall–Kier alpha value is -3.80. The van der Waals surface area contributed by atoms with Gasteiger partial charge in [0.25, 0.3) is 8.32 Å². The number of hydrogen-bond acceptors (Lipinski definition) is 3. The molecule has 34 heavy (non-hydrogen) atoms. The molecule has 0 saturated heterocycles. The van der Waals surface area contributed by atoms with E-state index in [1.807, 2.05) is 54.6 Å². The summed E-state index contributed by atoms with van der Waals surface area (Å²) in [6.45, 7) is 4.02. The minimum atomic E-state index is -3.17. The van der Waals surface area contributed by atoms with Crippen molar-refractivity contribution in [2.75, 3.05) is 7.11 Å². The van der Waals surface area contributed by atoms with Gasteiger partial charge in [-0.3, -0.25) is 0 Å². The van der Waals surface area contributed by atoms with Crippen LogP contribution in [0.2, 0.25) is 0 Å². The molecule has 170 valence electrons. The summed E-state index contributed by atoms with van der Waals surface area (Å²) in [5.74, 6) is -0.949. The Morgan fingerprint density at radius 3 is 1.53 bits per heavy atom. The molecule has 0 aromatic heterocycles. The number of carbonyl (C=O) groups excluding carboxylic acids is 1. The average molecular weight is 469 g/mol. The monoisotopic (exact) mass is 468 g/mol. The van der Waals surface area contributed by atoms with Gasteiger partial charge in [0.15, 0.2) is 0 Å². The summed E-state index contributed by atoms with van der Waals surface area (Å²) < 4.78 is 25.9. The second-order valence-electron chi connectivity index (χ2n) is 7.85. The van der Waals surface area contributed by atoms with Gasteiger partial charge in [0, 0.05) is 0 Å². The van der Waals surface area contributed by atoms with Crippen LogP contribution in [0.3, 0.4) is 0 Å². The van der Waals surface area contributed by atoms with E-state index in [9.17, 15) is 9.18 Å². The lowest BCUT2D eigenvalue weighted by atomic mass is 10.0. The number of ether oxygens (including phenoxy) is 1. The lowest BCUT2D eigenvalue weighted by Gasteiger charge is -2.37. The van der Waals surface area contributed by atoms with E-state index in [0.29, 0.717) is 5.56 Å². The van der Waals surface area contributed by atoms with Crippen LogP contribution in [0.25, 0.3) is 0 Å². The second-order valence-corrected chi connectivity index (χ2v) is 11.2. The summed E-state index contributed by atoms with van der Waals surface area (Å²) in [4.78, 5) is 12.6. The van der Waals surface area contributed by atoms with E-state index in [1.165, 1.54) is 19.2 Å². The number of methoxy groups -OCH3 is 1. The number of rotatable bonds is 8. The standard InChI is InChI=1S/C29H25FO3Si/c1-22(29(31)32-2)28(23-18-20-24(30)21-19-23)33-34(25-12-6-3-7-13-25,26-14-8-4-9-15-26)27-16-10-5-11-17-27/h3-21,28H,1H2,2H3/t28-/m1/s1. The maximum atomic E-state index is 13.8. The van der Waals surface area contributed by atoms with E-state index in [2.05, 4.69) is 43.0 Å². The molecule has 0 fully saturated rings. The fourth-order valence-corrected chi connectivity index (χ4v) is 8.14. The number of benzene rings is 4. The van der Waals surface area contributed by atoms with Crippen LogP contribution >= 0.6 is 0 Å². The molecule has 0 heterocycles. The molecular weight excluding hydrogens is 443 g/mol. The molecule has 0 radical (unpaired) electrons. The van der Waals surface area contributed by atoms with Gasteiger partial charge in [-0.2, -0.15) is 0 Å². The highest BCUT2D eigenvalue weighted by Gasteiger charge is 2.45. The molecule has 4 aromatic rings. The summed E-state index contributed by atoms with van der Waals surface area (Å²) in [5.41, 5.74) is 0.769.